The van der Waals surface area contributed by atoms with Crippen LogP contribution in [0.1, 0.15) is 20.3 Å². The Kier molecular flexibility index (Phi) is 5.33. The topological polar surface area (TPSA) is 87.1 Å². The van der Waals surface area contributed by atoms with E-state index in [2.05, 4.69) is 20.2 Å². The Morgan fingerprint density at radius 3 is 2.91 bits per heavy atom. The minimum absolute atomic E-state index is 0.177. The van der Waals surface area contributed by atoms with Gasteiger partial charge in [0.05, 0.1) is 5.60 Å². The molecule has 2 aromatic rings. The van der Waals surface area contributed by atoms with Crippen molar-refractivity contribution in [2.75, 3.05) is 11.9 Å². The summed E-state index contributed by atoms with van der Waals surface area (Å²) in [4.78, 5) is 11.9. The second kappa shape index (κ2) is 7.04. The highest BCUT2D eigenvalue weighted by Crippen LogP contribution is 2.29. The van der Waals surface area contributed by atoms with Crippen LogP contribution in [0.15, 0.2) is 24.3 Å². The molecule has 1 heterocycles. The molecule has 22 heavy (non-hydrogen) atoms. The van der Waals surface area contributed by atoms with E-state index in [1.807, 2.05) is 13.0 Å². The van der Waals surface area contributed by atoms with E-state index < -0.39 is 5.60 Å². The number of aliphatic hydroxyl groups is 1. The van der Waals surface area contributed by atoms with Crippen LogP contribution in [-0.2, 0) is 0 Å². The monoisotopic (exact) mass is 340 g/mol. The van der Waals surface area contributed by atoms with Gasteiger partial charge in [-0.1, -0.05) is 35.1 Å². The Bertz CT molecular complexity index is 660. The molecule has 1 aromatic heterocycles. The van der Waals surface area contributed by atoms with Gasteiger partial charge in [-0.15, -0.1) is 5.10 Å². The zero-order valence-electron chi connectivity index (χ0n) is 12.3. The molecule has 0 saturated heterocycles. The molecular weight excluding hydrogens is 324 g/mol. The van der Waals surface area contributed by atoms with Crippen LogP contribution in [-0.4, -0.2) is 32.9 Å². The van der Waals surface area contributed by atoms with Gasteiger partial charge < -0.3 is 15.7 Å². The van der Waals surface area contributed by atoms with Crippen molar-refractivity contribution in [2.24, 2.45) is 0 Å². The van der Waals surface area contributed by atoms with Crippen molar-refractivity contribution in [3.8, 4) is 11.3 Å². The van der Waals surface area contributed by atoms with Gasteiger partial charge in [0.15, 0.2) is 0 Å². The molecule has 1 atom stereocenters. The maximum absolute atomic E-state index is 11.9. The van der Waals surface area contributed by atoms with Crippen LogP contribution in [0.25, 0.3) is 11.3 Å². The fourth-order valence-electron chi connectivity index (χ4n) is 1.67. The zero-order valence-corrected chi connectivity index (χ0v) is 13.8. The van der Waals surface area contributed by atoms with E-state index in [0.29, 0.717) is 22.1 Å². The molecule has 2 rings (SSSR count). The van der Waals surface area contributed by atoms with E-state index >= 15 is 0 Å². The number of aromatic nitrogens is 2. The van der Waals surface area contributed by atoms with Gasteiger partial charge in [-0.25, -0.2) is 4.79 Å². The number of benzene rings is 1. The van der Waals surface area contributed by atoms with Gasteiger partial charge in [0, 0.05) is 29.3 Å². The SMILES string of the molecule is CCC(C)(O)CNC(=O)Nc1cccc(-c2nnsc2Cl)c1. The average Bonchev–Trinajstić information content (AvgIpc) is 2.92. The van der Waals surface area contributed by atoms with Gasteiger partial charge in [0.1, 0.15) is 10.0 Å². The normalized spacial score (nSPS) is 13.5. The Morgan fingerprint density at radius 2 is 2.27 bits per heavy atom. The van der Waals surface area contributed by atoms with Crippen LogP contribution in [0.2, 0.25) is 4.34 Å². The first-order valence-corrected chi connectivity index (χ1v) is 7.92. The molecule has 1 unspecified atom stereocenters. The van der Waals surface area contributed by atoms with E-state index in [-0.39, 0.29) is 12.6 Å². The number of hydrogen-bond donors (Lipinski definition) is 3. The predicted molar refractivity (Wildman–Crippen MR) is 88.3 cm³/mol. The van der Waals surface area contributed by atoms with Crippen LogP contribution in [0, 0.1) is 0 Å². The fraction of sp³-hybridized carbons (Fsp3) is 0.357. The Labute approximate surface area is 137 Å². The van der Waals surface area contributed by atoms with Crippen molar-refractivity contribution < 1.29 is 9.90 Å². The average molecular weight is 341 g/mol. The third-order valence-corrected chi connectivity index (χ3v) is 4.14. The summed E-state index contributed by atoms with van der Waals surface area (Å²) in [5.74, 6) is 0. The lowest BCUT2D eigenvalue weighted by molar-refractivity contribution is 0.0587. The van der Waals surface area contributed by atoms with E-state index in [4.69, 9.17) is 11.6 Å². The lowest BCUT2D eigenvalue weighted by Crippen LogP contribution is -2.41. The summed E-state index contributed by atoms with van der Waals surface area (Å²) in [7, 11) is 0. The first kappa shape index (κ1) is 16.7. The minimum atomic E-state index is -0.918. The summed E-state index contributed by atoms with van der Waals surface area (Å²) in [6, 6.07) is 6.78. The Hall–Kier alpha value is -1.70. The second-order valence-electron chi connectivity index (χ2n) is 5.13. The number of hydrogen-bond acceptors (Lipinski definition) is 5. The number of amides is 2. The van der Waals surface area contributed by atoms with E-state index in [1.54, 1.807) is 25.1 Å². The first-order chi connectivity index (χ1) is 10.4. The van der Waals surface area contributed by atoms with Crippen molar-refractivity contribution in [3.63, 3.8) is 0 Å². The molecule has 0 radical (unpaired) electrons. The second-order valence-corrected chi connectivity index (χ2v) is 6.49. The molecule has 3 N–H and O–H groups in total. The predicted octanol–water partition coefficient (Wildman–Crippen LogP) is 3.14. The number of carbonyl (C=O) groups excluding carboxylic acids is 1. The molecule has 2 amide bonds. The Morgan fingerprint density at radius 1 is 1.50 bits per heavy atom. The highest BCUT2D eigenvalue weighted by Gasteiger charge is 2.18. The summed E-state index contributed by atoms with van der Waals surface area (Å²) >= 11 is 7.12. The largest absolute Gasteiger partial charge is 0.388 e. The third kappa shape index (κ3) is 4.40. The van der Waals surface area contributed by atoms with E-state index in [9.17, 15) is 9.90 Å². The molecule has 0 fully saturated rings. The molecule has 0 aliphatic heterocycles. The quantitative estimate of drug-likeness (QED) is 0.780. The first-order valence-electron chi connectivity index (χ1n) is 6.77. The van der Waals surface area contributed by atoms with E-state index in [0.717, 1.165) is 17.1 Å². The van der Waals surface area contributed by atoms with Gasteiger partial charge in [-0.3, -0.25) is 0 Å². The standard InChI is InChI=1S/C14H17ClN4O2S/c1-3-14(2,21)8-16-13(20)17-10-6-4-5-9(7-10)11-12(15)22-19-18-11/h4-7,21H,3,8H2,1-2H3,(H2,16,17,20). The molecule has 8 heteroatoms. The molecule has 0 spiro atoms. The number of nitrogens with zero attached hydrogens (tertiary/aromatic N) is 2. The van der Waals surface area contributed by atoms with Gasteiger partial charge in [-0.05, 0) is 25.5 Å². The maximum Gasteiger partial charge on any atom is 0.319 e. The number of carbonyl (C=O) groups is 1. The molecular formula is C14H17ClN4O2S. The zero-order chi connectivity index (χ0) is 16.2. The molecule has 0 saturated carbocycles. The van der Waals surface area contributed by atoms with Gasteiger partial charge in [0.2, 0.25) is 0 Å². The van der Waals surface area contributed by atoms with Crippen LogP contribution in [0.5, 0.6) is 0 Å². The van der Waals surface area contributed by atoms with Crippen LogP contribution >= 0.6 is 23.1 Å². The summed E-state index contributed by atoms with van der Waals surface area (Å²) in [5.41, 5.74) is 1.05. The molecule has 1 aromatic carbocycles. The van der Waals surface area contributed by atoms with Gasteiger partial charge in [-0.2, -0.15) is 0 Å². The molecule has 0 bridgehead atoms. The minimum Gasteiger partial charge on any atom is -0.388 e. The molecule has 118 valence electrons. The Balaban J connectivity index is 2.02. The highest BCUT2D eigenvalue weighted by molar-refractivity contribution is 7.10. The van der Waals surface area contributed by atoms with Crippen molar-refractivity contribution in [1.29, 1.82) is 0 Å². The highest BCUT2D eigenvalue weighted by atomic mass is 35.5. The van der Waals surface area contributed by atoms with Crippen molar-refractivity contribution in [1.82, 2.24) is 14.9 Å². The van der Waals surface area contributed by atoms with Crippen molar-refractivity contribution >= 4 is 34.9 Å². The van der Waals surface area contributed by atoms with Crippen molar-refractivity contribution in [3.05, 3.63) is 28.6 Å². The number of urea groups is 1. The number of nitrogens with one attached hydrogen (secondary N) is 2. The van der Waals surface area contributed by atoms with E-state index in [1.165, 1.54) is 0 Å². The van der Waals surface area contributed by atoms with Gasteiger partial charge in [0.25, 0.3) is 0 Å². The smallest absolute Gasteiger partial charge is 0.319 e. The number of halogens is 1. The summed E-state index contributed by atoms with van der Waals surface area (Å²) < 4.78 is 4.29. The third-order valence-electron chi connectivity index (χ3n) is 3.23. The lowest BCUT2D eigenvalue weighted by atomic mass is 10.0. The lowest BCUT2D eigenvalue weighted by Gasteiger charge is -2.21. The van der Waals surface area contributed by atoms with Crippen LogP contribution < -0.4 is 10.6 Å². The number of anilines is 1. The van der Waals surface area contributed by atoms with Crippen LogP contribution in [0.4, 0.5) is 10.5 Å². The number of rotatable bonds is 5. The molecule has 0 aliphatic rings. The molecule has 6 nitrogen and oxygen atoms in total. The van der Waals surface area contributed by atoms with Crippen LogP contribution in [0.3, 0.4) is 0 Å². The summed E-state index contributed by atoms with van der Waals surface area (Å²) in [6.07, 6.45) is 0.554. The summed E-state index contributed by atoms with van der Waals surface area (Å²) in [5, 5.41) is 19.2. The fourth-order valence-corrected chi connectivity index (χ4v) is 2.34. The maximum atomic E-state index is 11.9. The summed E-state index contributed by atoms with van der Waals surface area (Å²) in [6.45, 7) is 3.71. The van der Waals surface area contributed by atoms with Gasteiger partial charge >= 0.3 is 6.03 Å². The van der Waals surface area contributed by atoms with Crippen molar-refractivity contribution in [2.45, 2.75) is 25.9 Å². The molecule has 0 aliphatic carbocycles.